The van der Waals surface area contributed by atoms with Gasteiger partial charge in [-0.2, -0.15) is 15.8 Å². The van der Waals surface area contributed by atoms with E-state index in [2.05, 4.69) is 24.3 Å². The molecule has 0 saturated carbocycles. The van der Waals surface area contributed by atoms with Crippen LogP contribution in [-0.2, 0) is 0 Å². The number of furan rings is 2. The van der Waals surface area contributed by atoms with E-state index in [4.69, 9.17) is 8.83 Å². The molecule has 0 spiro atoms. The summed E-state index contributed by atoms with van der Waals surface area (Å²) in [4.78, 5) is 0. The van der Waals surface area contributed by atoms with Crippen molar-refractivity contribution in [2.75, 3.05) is 0 Å². The molecule has 8 aromatic rings. The van der Waals surface area contributed by atoms with Crippen LogP contribution in [0.5, 0.6) is 0 Å². The average molecular weight is 562 g/mol. The lowest BCUT2D eigenvalue weighted by Gasteiger charge is -2.15. The molecule has 0 aliphatic heterocycles. The van der Waals surface area contributed by atoms with Crippen molar-refractivity contribution in [1.29, 1.82) is 15.8 Å². The Morgan fingerprint density at radius 1 is 0.386 bits per heavy atom. The number of nitriles is 3. The Morgan fingerprint density at radius 2 is 0.909 bits per heavy atom. The van der Waals surface area contributed by atoms with Gasteiger partial charge in [0.05, 0.1) is 28.8 Å². The lowest BCUT2D eigenvalue weighted by Crippen LogP contribution is -1.94. The van der Waals surface area contributed by atoms with Crippen LogP contribution in [-0.4, -0.2) is 0 Å². The summed E-state index contributed by atoms with van der Waals surface area (Å²) in [6.07, 6.45) is 0. The zero-order valence-corrected chi connectivity index (χ0v) is 23.1. The Bertz CT molecular complexity index is 2570. The van der Waals surface area contributed by atoms with Gasteiger partial charge >= 0.3 is 0 Å². The Labute approximate surface area is 251 Å². The molecule has 8 rings (SSSR count). The molecule has 0 N–H and O–H groups in total. The van der Waals surface area contributed by atoms with E-state index in [0.717, 1.165) is 71.7 Å². The van der Waals surface area contributed by atoms with E-state index in [0.29, 0.717) is 22.3 Å². The molecule has 2 heterocycles. The van der Waals surface area contributed by atoms with Crippen molar-refractivity contribution in [1.82, 2.24) is 0 Å². The highest BCUT2D eigenvalue weighted by Gasteiger charge is 2.19. The van der Waals surface area contributed by atoms with E-state index in [-0.39, 0.29) is 0 Å². The van der Waals surface area contributed by atoms with Crippen molar-refractivity contribution in [2.24, 2.45) is 0 Å². The van der Waals surface area contributed by atoms with Gasteiger partial charge in [0.1, 0.15) is 28.4 Å². The number of fused-ring (bicyclic) bond motifs is 6. The summed E-state index contributed by atoms with van der Waals surface area (Å²) in [5.41, 5.74) is 9.00. The molecular weight excluding hydrogens is 542 g/mol. The summed E-state index contributed by atoms with van der Waals surface area (Å²) in [6, 6.07) is 43.6. The third-order valence-corrected chi connectivity index (χ3v) is 8.15. The molecule has 0 aliphatic carbocycles. The molecule has 44 heavy (non-hydrogen) atoms. The molecular formula is C39H19N3O2. The van der Waals surface area contributed by atoms with Crippen LogP contribution >= 0.6 is 0 Å². The molecule has 0 bridgehead atoms. The van der Waals surface area contributed by atoms with Crippen LogP contribution in [0.2, 0.25) is 0 Å². The van der Waals surface area contributed by atoms with Crippen molar-refractivity contribution in [2.45, 2.75) is 0 Å². The SMILES string of the molecule is N#Cc1cc(C#N)cc(-c2cc(-c3ccc4c(c3)oc3ccccc34)c(C#N)c(-c3ccc4oc5ccccc5c4c3)c2)c1. The van der Waals surface area contributed by atoms with E-state index in [1.807, 2.05) is 91.0 Å². The molecule has 2 aromatic heterocycles. The smallest absolute Gasteiger partial charge is 0.136 e. The van der Waals surface area contributed by atoms with Crippen molar-refractivity contribution in [3.63, 3.8) is 0 Å². The molecule has 0 atom stereocenters. The monoisotopic (exact) mass is 561 g/mol. The van der Waals surface area contributed by atoms with E-state index >= 15 is 0 Å². The fourth-order valence-corrected chi connectivity index (χ4v) is 6.09. The van der Waals surface area contributed by atoms with E-state index in [9.17, 15) is 15.8 Å². The van der Waals surface area contributed by atoms with Gasteiger partial charge in [-0.25, -0.2) is 0 Å². The third kappa shape index (κ3) is 3.92. The molecule has 202 valence electrons. The zero-order valence-electron chi connectivity index (χ0n) is 23.1. The summed E-state index contributed by atoms with van der Waals surface area (Å²) in [6.45, 7) is 0. The molecule has 6 aromatic carbocycles. The van der Waals surface area contributed by atoms with E-state index in [1.54, 1.807) is 18.2 Å². The highest BCUT2D eigenvalue weighted by molar-refractivity contribution is 6.08. The van der Waals surface area contributed by atoms with Gasteiger partial charge in [0, 0.05) is 32.7 Å². The fourth-order valence-electron chi connectivity index (χ4n) is 6.09. The standard InChI is InChI=1S/C39H19N3O2/c40-20-23-13-24(21-41)15-27(14-23)28-17-32(25-10-12-38-34(16-25)30-6-2-4-8-37(30)43-38)35(22-42)33(18-28)26-9-11-31-29-5-1-3-7-36(29)44-39(31)19-26/h1-19H. The summed E-state index contributed by atoms with van der Waals surface area (Å²) in [5.74, 6) is 0. The molecule has 0 unspecified atom stereocenters. The van der Waals surface area contributed by atoms with Crippen LogP contribution in [0.15, 0.2) is 124 Å². The highest BCUT2D eigenvalue weighted by Crippen LogP contribution is 2.41. The van der Waals surface area contributed by atoms with E-state index in [1.165, 1.54) is 0 Å². The lowest BCUT2D eigenvalue weighted by molar-refractivity contribution is 0.668. The van der Waals surface area contributed by atoms with E-state index < -0.39 is 0 Å². The number of rotatable bonds is 3. The maximum Gasteiger partial charge on any atom is 0.136 e. The van der Waals surface area contributed by atoms with Gasteiger partial charge in [0.25, 0.3) is 0 Å². The van der Waals surface area contributed by atoms with Crippen LogP contribution in [0, 0.1) is 34.0 Å². The van der Waals surface area contributed by atoms with Gasteiger partial charge in [-0.05, 0) is 89.0 Å². The van der Waals surface area contributed by atoms with Gasteiger partial charge in [0.15, 0.2) is 0 Å². The predicted molar refractivity (Wildman–Crippen MR) is 171 cm³/mol. The first-order valence-corrected chi connectivity index (χ1v) is 14.0. The van der Waals surface area contributed by atoms with Crippen LogP contribution in [0.25, 0.3) is 77.3 Å². The molecule has 5 nitrogen and oxygen atoms in total. The predicted octanol–water partition coefficient (Wildman–Crippen LogP) is 10.1. The minimum Gasteiger partial charge on any atom is -0.456 e. The first-order valence-electron chi connectivity index (χ1n) is 14.0. The minimum atomic E-state index is 0.390. The third-order valence-electron chi connectivity index (χ3n) is 8.15. The molecule has 0 fully saturated rings. The number of hydrogen-bond acceptors (Lipinski definition) is 5. The number of benzene rings is 6. The van der Waals surface area contributed by atoms with Crippen molar-refractivity contribution in [3.8, 4) is 51.6 Å². The van der Waals surface area contributed by atoms with Gasteiger partial charge in [0.2, 0.25) is 0 Å². The largest absolute Gasteiger partial charge is 0.456 e. The lowest BCUT2D eigenvalue weighted by atomic mass is 9.87. The second kappa shape index (κ2) is 9.74. The Balaban J connectivity index is 1.42. The van der Waals surface area contributed by atoms with Crippen LogP contribution in [0.3, 0.4) is 0 Å². The maximum absolute atomic E-state index is 10.6. The Kier molecular flexibility index (Phi) is 5.56. The first-order chi connectivity index (χ1) is 21.6. The van der Waals surface area contributed by atoms with Crippen molar-refractivity contribution in [3.05, 3.63) is 132 Å². The summed E-state index contributed by atoms with van der Waals surface area (Å²) >= 11 is 0. The van der Waals surface area contributed by atoms with Crippen molar-refractivity contribution >= 4 is 43.9 Å². The fraction of sp³-hybridized carbons (Fsp3) is 0. The quantitative estimate of drug-likeness (QED) is 0.214. The summed E-state index contributed by atoms with van der Waals surface area (Å²) < 4.78 is 12.3. The van der Waals surface area contributed by atoms with Crippen LogP contribution < -0.4 is 0 Å². The topological polar surface area (TPSA) is 97.6 Å². The minimum absolute atomic E-state index is 0.390. The molecule has 0 radical (unpaired) electrons. The normalized spacial score (nSPS) is 11.1. The average Bonchev–Trinajstić information content (AvgIpc) is 3.64. The maximum atomic E-state index is 10.6. The van der Waals surface area contributed by atoms with Crippen LogP contribution in [0.1, 0.15) is 16.7 Å². The summed E-state index contributed by atoms with van der Waals surface area (Å²) in [7, 11) is 0. The number of para-hydroxylation sites is 2. The molecule has 0 amide bonds. The number of nitrogens with zero attached hydrogens (tertiary/aromatic N) is 3. The van der Waals surface area contributed by atoms with Gasteiger partial charge in [-0.3, -0.25) is 0 Å². The second-order valence-electron chi connectivity index (χ2n) is 10.7. The second-order valence-corrected chi connectivity index (χ2v) is 10.7. The van der Waals surface area contributed by atoms with Crippen LogP contribution in [0.4, 0.5) is 0 Å². The first kappa shape index (κ1) is 25.1. The molecule has 5 heteroatoms. The molecule has 0 aliphatic rings. The number of hydrogen-bond donors (Lipinski definition) is 0. The molecule has 0 saturated heterocycles. The highest BCUT2D eigenvalue weighted by atomic mass is 16.3. The Morgan fingerprint density at radius 3 is 1.57 bits per heavy atom. The van der Waals surface area contributed by atoms with Gasteiger partial charge in [-0.1, -0.05) is 48.5 Å². The van der Waals surface area contributed by atoms with Crippen molar-refractivity contribution < 1.29 is 8.83 Å². The zero-order chi connectivity index (χ0) is 29.8. The summed E-state index contributed by atoms with van der Waals surface area (Å²) in [5, 5.41) is 34.0. The Hall–Kier alpha value is -6.61. The van der Waals surface area contributed by atoms with Gasteiger partial charge in [-0.15, -0.1) is 0 Å². The van der Waals surface area contributed by atoms with Gasteiger partial charge < -0.3 is 8.83 Å².